The molecule has 0 radical (unpaired) electrons. The highest BCUT2D eigenvalue weighted by Crippen LogP contribution is 2.23. The SMILES string of the molecule is CCc1ncc(CN2C[C@@H](CC(=O)N(C)C)[C@H](O)C2)o1. The number of hydrogen-bond donors (Lipinski definition) is 1. The number of aliphatic hydroxyl groups is 1. The number of hydrogen-bond acceptors (Lipinski definition) is 5. The Bertz CT molecular complexity index is 458. The van der Waals surface area contributed by atoms with Gasteiger partial charge in [-0.2, -0.15) is 0 Å². The largest absolute Gasteiger partial charge is 0.444 e. The van der Waals surface area contributed by atoms with Crippen LogP contribution in [0.1, 0.15) is 25.0 Å². The zero-order valence-corrected chi connectivity index (χ0v) is 12.4. The Morgan fingerprint density at radius 2 is 2.30 bits per heavy atom. The van der Waals surface area contributed by atoms with E-state index in [-0.39, 0.29) is 11.8 Å². The number of aromatic nitrogens is 1. The maximum absolute atomic E-state index is 11.7. The molecule has 1 aliphatic rings. The second-order valence-electron chi connectivity index (χ2n) is 5.59. The van der Waals surface area contributed by atoms with E-state index in [0.717, 1.165) is 18.1 Å². The summed E-state index contributed by atoms with van der Waals surface area (Å²) in [6, 6.07) is 0. The van der Waals surface area contributed by atoms with Crippen LogP contribution in [0, 0.1) is 5.92 Å². The van der Waals surface area contributed by atoms with Gasteiger partial charge in [0.25, 0.3) is 0 Å². The quantitative estimate of drug-likeness (QED) is 0.851. The molecule has 2 atom stereocenters. The highest BCUT2D eigenvalue weighted by atomic mass is 16.4. The van der Waals surface area contributed by atoms with Crippen LogP contribution in [0.25, 0.3) is 0 Å². The molecule has 0 unspecified atom stereocenters. The second kappa shape index (κ2) is 6.37. The van der Waals surface area contributed by atoms with Crippen molar-refractivity contribution in [3.8, 4) is 0 Å². The Kier molecular flexibility index (Phi) is 4.77. The predicted octanol–water partition coefficient (Wildman–Crippen LogP) is 0.508. The molecule has 1 aliphatic heterocycles. The van der Waals surface area contributed by atoms with Crippen molar-refractivity contribution in [3.05, 3.63) is 17.8 Å². The van der Waals surface area contributed by atoms with Crippen LogP contribution in [0.3, 0.4) is 0 Å². The average molecular weight is 281 g/mol. The van der Waals surface area contributed by atoms with Gasteiger partial charge >= 0.3 is 0 Å². The van der Waals surface area contributed by atoms with Gasteiger partial charge in [-0.05, 0) is 0 Å². The fourth-order valence-electron chi connectivity index (χ4n) is 2.48. The molecule has 0 aliphatic carbocycles. The topological polar surface area (TPSA) is 69.8 Å². The van der Waals surface area contributed by atoms with Crippen molar-refractivity contribution in [1.29, 1.82) is 0 Å². The Morgan fingerprint density at radius 1 is 1.55 bits per heavy atom. The van der Waals surface area contributed by atoms with Crippen LogP contribution in [-0.4, -0.2) is 59.1 Å². The molecule has 2 heterocycles. The van der Waals surface area contributed by atoms with Crippen molar-refractivity contribution in [1.82, 2.24) is 14.8 Å². The molecule has 6 heteroatoms. The number of aryl methyl sites for hydroxylation is 1. The van der Waals surface area contributed by atoms with Crippen molar-refractivity contribution in [2.45, 2.75) is 32.4 Å². The van der Waals surface area contributed by atoms with E-state index >= 15 is 0 Å². The number of carbonyl (C=O) groups excluding carboxylic acids is 1. The molecule has 0 saturated carbocycles. The van der Waals surface area contributed by atoms with Gasteiger partial charge in [0.15, 0.2) is 5.89 Å². The van der Waals surface area contributed by atoms with Crippen molar-refractivity contribution in [2.24, 2.45) is 5.92 Å². The molecule has 0 bridgehead atoms. The summed E-state index contributed by atoms with van der Waals surface area (Å²) < 4.78 is 5.57. The number of carbonyl (C=O) groups is 1. The minimum atomic E-state index is -0.451. The van der Waals surface area contributed by atoms with Crippen LogP contribution in [-0.2, 0) is 17.8 Å². The minimum Gasteiger partial charge on any atom is -0.444 e. The molecular formula is C14H23N3O3. The summed E-state index contributed by atoms with van der Waals surface area (Å²) >= 11 is 0. The fraction of sp³-hybridized carbons (Fsp3) is 0.714. The van der Waals surface area contributed by atoms with Gasteiger partial charge in [0.1, 0.15) is 5.76 Å². The summed E-state index contributed by atoms with van der Waals surface area (Å²) in [7, 11) is 3.48. The molecule has 112 valence electrons. The monoisotopic (exact) mass is 281 g/mol. The average Bonchev–Trinajstić information content (AvgIpc) is 2.97. The number of amides is 1. The first kappa shape index (κ1) is 15.0. The van der Waals surface area contributed by atoms with Crippen molar-refractivity contribution in [2.75, 3.05) is 27.2 Å². The molecule has 20 heavy (non-hydrogen) atoms. The third-order valence-electron chi connectivity index (χ3n) is 3.70. The van der Waals surface area contributed by atoms with Crippen LogP contribution < -0.4 is 0 Å². The van der Waals surface area contributed by atoms with Crippen molar-refractivity contribution < 1.29 is 14.3 Å². The van der Waals surface area contributed by atoms with Gasteiger partial charge in [-0.3, -0.25) is 9.69 Å². The van der Waals surface area contributed by atoms with Crippen LogP contribution in [0.4, 0.5) is 0 Å². The molecule has 1 aromatic rings. The first-order chi connectivity index (χ1) is 9.49. The highest BCUT2D eigenvalue weighted by molar-refractivity contribution is 5.75. The summed E-state index contributed by atoms with van der Waals surface area (Å²) in [6.45, 7) is 3.92. The number of likely N-dealkylation sites (tertiary alicyclic amines) is 1. The molecule has 1 amide bonds. The van der Waals surface area contributed by atoms with Gasteiger partial charge in [-0.25, -0.2) is 4.98 Å². The standard InChI is InChI=1S/C14H23N3O3/c1-4-13-15-6-11(20-13)8-17-7-10(12(18)9-17)5-14(19)16(2)3/h6,10,12,18H,4-5,7-9H2,1-3H3/t10-,12-/m1/s1. The van der Waals surface area contributed by atoms with E-state index in [9.17, 15) is 9.90 Å². The summed E-state index contributed by atoms with van der Waals surface area (Å²) in [6.07, 6.45) is 2.46. The molecule has 2 rings (SSSR count). The maximum Gasteiger partial charge on any atom is 0.222 e. The molecule has 1 aromatic heterocycles. The lowest BCUT2D eigenvalue weighted by Crippen LogP contribution is -2.28. The Hall–Kier alpha value is -1.40. The Morgan fingerprint density at radius 3 is 2.90 bits per heavy atom. The summed E-state index contributed by atoms with van der Waals surface area (Å²) in [5.74, 6) is 1.61. The molecule has 0 aromatic carbocycles. The number of oxazole rings is 1. The van der Waals surface area contributed by atoms with E-state index in [4.69, 9.17) is 4.42 Å². The Balaban J connectivity index is 1.88. The summed E-state index contributed by atoms with van der Waals surface area (Å²) in [4.78, 5) is 19.6. The lowest BCUT2D eigenvalue weighted by molar-refractivity contribution is -0.130. The molecule has 1 N–H and O–H groups in total. The molecule has 0 spiro atoms. The number of rotatable bonds is 5. The van der Waals surface area contributed by atoms with Gasteiger partial charge in [-0.1, -0.05) is 6.92 Å². The minimum absolute atomic E-state index is 0.00142. The normalized spacial score (nSPS) is 23.2. The highest BCUT2D eigenvalue weighted by Gasteiger charge is 2.33. The maximum atomic E-state index is 11.7. The first-order valence-corrected chi connectivity index (χ1v) is 7.03. The fourth-order valence-corrected chi connectivity index (χ4v) is 2.48. The third kappa shape index (κ3) is 3.58. The van der Waals surface area contributed by atoms with Gasteiger partial charge < -0.3 is 14.4 Å². The van der Waals surface area contributed by atoms with Crippen LogP contribution in [0.2, 0.25) is 0 Å². The van der Waals surface area contributed by atoms with E-state index < -0.39 is 6.10 Å². The Labute approximate surface area is 119 Å². The van der Waals surface area contributed by atoms with Gasteiger partial charge in [-0.15, -0.1) is 0 Å². The van der Waals surface area contributed by atoms with E-state index in [1.807, 2.05) is 6.92 Å². The number of β-amino-alcohol motifs (C(OH)–C–C–N with tert-alkyl or cyclic N) is 1. The summed E-state index contributed by atoms with van der Waals surface area (Å²) in [5, 5.41) is 10.1. The van der Waals surface area contributed by atoms with E-state index in [0.29, 0.717) is 26.1 Å². The van der Waals surface area contributed by atoms with Gasteiger partial charge in [0, 0.05) is 45.9 Å². The zero-order chi connectivity index (χ0) is 14.7. The van der Waals surface area contributed by atoms with Gasteiger partial charge in [0.05, 0.1) is 18.8 Å². The van der Waals surface area contributed by atoms with Crippen LogP contribution >= 0.6 is 0 Å². The predicted molar refractivity (Wildman–Crippen MR) is 74.0 cm³/mol. The van der Waals surface area contributed by atoms with Gasteiger partial charge in [0.2, 0.25) is 5.91 Å². The molecule has 6 nitrogen and oxygen atoms in total. The number of nitrogens with zero attached hydrogens (tertiary/aromatic N) is 3. The van der Waals surface area contributed by atoms with Crippen LogP contribution in [0.5, 0.6) is 0 Å². The van der Waals surface area contributed by atoms with Crippen molar-refractivity contribution >= 4 is 5.91 Å². The smallest absolute Gasteiger partial charge is 0.222 e. The lowest BCUT2D eigenvalue weighted by Gasteiger charge is -2.16. The van der Waals surface area contributed by atoms with E-state index in [1.54, 1.807) is 25.2 Å². The lowest BCUT2D eigenvalue weighted by atomic mass is 10.0. The molecule has 1 fully saturated rings. The first-order valence-electron chi connectivity index (χ1n) is 7.03. The molecule has 1 saturated heterocycles. The number of aliphatic hydroxyl groups excluding tert-OH is 1. The summed E-state index contributed by atoms with van der Waals surface area (Å²) in [5.41, 5.74) is 0. The van der Waals surface area contributed by atoms with E-state index in [2.05, 4.69) is 9.88 Å². The van der Waals surface area contributed by atoms with Crippen LogP contribution in [0.15, 0.2) is 10.6 Å². The van der Waals surface area contributed by atoms with Crippen molar-refractivity contribution in [3.63, 3.8) is 0 Å². The second-order valence-corrected chi connectivity index (χ2v) is 5.59. The third-order valence-corrected chi connectivity index (χ3v) is 3.70. The van der Waals surface area contributed by atoms with E-state index in [1.165, 1.54) is 0 Å². The molecular weight excluding hydrogens is 258 g/mol. The zero-order valence-electron chi connectivity index (χ0n) is 12.4.